The molecule has 0 aromatic carbocycles. The zero-order valence-electron chi connectivity index (χ0n) is 9.90. The molecule has 4 nitrogen and oxygen atoms in total. The standard InChI is InChI=1S/C12H19NO3/c1-8(2)6-9(3)11(14)13-5-4-10(7-13)12(15)16/h9-10H,1,4-7H2,2-3H3,(H,15,16). The molecule has 1 fully saturated rings. The largest absolute Gasteiger partial charge is 0.481 e. The third-order valence-corrected chi connectivity index (χ3v) is 2.93. The summed E-state index contributed by atoms with van der Waals surface area (Å²) in [6, 6.07) is 0. The Kier molecular flexibility index (Phi) is 4.10. The molecule has 2 atom stereocenters. The minimum atomic E-state index is -0.803. The number of amides is 1. The molecule has 0 spiro atoms. The maximum absolute atomic E-state index is 11.9. The molecule has 0 aromatic heterocycles. The van der Waals surface area contributed by atoms with Gasteiger partial charge in [0.05, 0.1) is 5.92 Å². The number of carboxylic acids is 1. The van der Waals surface area contributed by atoms with Gasteiger partial charge in [-0.15, -0.1) is 6.58 Å². The van der Waals surface area contributed by atoms with Crippen molar-refractivity contribution in [1.82, 2.24) is 4.90 Å². The molecule has 16 heavy (non-hydrogen) atoms. The van der Waals surface area contributed by atoms with E-state index in [4.69, 9.17) is 5.11 Å². The van der Waals surface area contributed by atoms with E-state index in [2.05, 4.69) is 6.58 Å². The van der Waals surface area contributed by atoms with Crippen LogP contribution >= 0.6 is 0 Å². The predicted octanol–water partition coefficient (Wildman–Crippen LogP) is 1.52. The van der Waals surface area contributed by atoms with Crippen molar-refractivity contribution in [2.24, 2.45) is 11.8 Å². The van der Waals surface area contributed by atoms with Gasteiger partial charge in [-0.25, -0.2) is 0 Å². The summed E-state index contributed by atoms with van der Waals surface area (Å²) in [6.45, 7) is 8.47. The first-order chi connectivity index (χ1) is 7.41. The van der Waals surface area contributed by atoms with Gasteiger partial charge < -0.3 is 10.0 Å². The average molecular weight is 225 g/mol. The summed E-state index contributed by atoms with van der Waals surface area (Å²) >= 11 is 0. The Morgan fingerprint density at radius 1 is 1.56 bits per heavy atom. The van der Waals surface area contributed by atoms with Crippen LogP contribution in [0.3, 0.4) is 0 Å². The Hall–Kier alpha value is -1.32. The predicted molar refractivity (Wildman–Crippen MR) is 60.9 cm³/mol. The molecular weight excluding hydrogens is 206 g/mol. The van der Waals surface area contributed by atoms with Crippen LogP contribution in [0.2, 0.25) is 0 Å². The van der Waals surface area contributed by atoms with E-state index in [9.17, 15) is 9.59 Å². The van der Waals surface area contributed by atoms with E-state index >= 15 is 0 Å². The highest BCUT2D eigenvalue weighted by Crippen LogP contribution is 2.20. The van der Waals surface area contributed by atoms with Crippen molar-refractivity contribution in [2.45, 2.75) is 26.7 Å². The van der Waals surface area contributed by atoms with Crippen molar-refractivity contribution < 1.29 is 14.7 Å². The minimum absolute atomic E-state index is 0.0479. The number of hydrogen-bond acceptors (Lipinski definition) is 2. The molecule has 0 bridgehead atoms. The first kappa shape index (κ1) is 12.7. The molecule has 1 heterocycles. The molecule has 1 N–H and O–H groups in total. The fraction of sp³-hybridized carbons (Fsp3) is 0.667. The minimum Gasteiger partial charge on any atom is -0.481 e. The second-order valence-electron chi connectivity index (χ2n) is 4.67. The smallest absolute Gasteiger partial charge is 0.308 e. The van der Waals surface area contributed by atoms with Crippen LogP contribution in [0.1, 0.15) is 26.7 Å². The Labute approximate surface area is 95.9 Å². The highest BCUT2D eigenvalue weighted by atomic mass is 16.4. The second-order valence-corrected chi connectivity index (χ2v) is 4.67. The highest BCUT2D eigenvalue weighted by molar-refractivity contribution is 5.80. The van der Waals surface area contributed by atoms with Crippen molar-refractivity contribution in [3.63, 3.8) is 0 Å². The first-order valence-corrected chi connectivity index (χ1v) is 5.57. The summed E-state index contributed by atoms with van der Waals surface area (Å²) in [4.78, 5) is 24.4. The summed E-state index contributed by atoms with van der Waals surface area (Å²) in [5, 5.41) is 8.84. The van der Waals surface area contributed by atoms with Crippen molar-refractivity contribution >= 4 is 11.9 Å². The lowest BCUT2D eigenvalue weighted by Crippen LogP contribution is -2.34. The lowest BCUT2D eigenvalue weighted by Gasteiger charge is -2.20. The Bertz CT molecular complexity index is 311. The fourth-order valence-electron chi connectivity index (χ4n) is 2.08. The zero-order valence-corrected chi connectivity index (χ0v) is 9.90. The van der Waals surface area contributed by atoms with E-state index in [1.165, 1.54) is 0 Å². The maximum atomic E-state index is 11.9. The maximum Gasteiger partial charge on any atom is 0.308 e. The molecule has 4 heteroatoms. The number of carboxylic acid groups (broad SMARTS) is 1. The van der Waals surface area contributed by atoms with Crippen LogP contribution in [0, 0.1) is 11.8 Å². The fourth-order valence-corrected chi connectivity index (χ4v) is 2.08. The van der Waals surface area contributed by atoms with Gasteiger partial charge in [0, 0.05) is 19.0 Å². The molecule has 1 aliphatic heterocycles. The number of carbonyl (C=O) groups excluding carboxylic acids is 1. The molecule has 0 saturated carbocycles. The third kappa shape index (κ3) is 3.08. The van der Waals surface area contributed by atoms with Crippen LogP contribution in [0.5, 0.6) is 0 Å². The van der Waals surface area contributed by atoms with Crippen LogP contribution in [-0.4, -0.2) is 35.0 Å². The number of aliphatic carboxylic acids is 1. The molecule has 0 aliphatic carbocycles. The van der Waals surface area contributed by atoms with Crippen molar-refractivity contribution in [3.8, 4) is 0 Å². The van der Waals surface area contributed by atoms with Crippen molar-refractivity contribution in [1.29, 1.82) is 0 Å². The normalized spacial score (nSPS) is 21.9. The number of rotatable bonds is 4. The summed E-state index contributed by atoms with van der Waals surface area (Å²) in [5.74, 6) is -1.24. The Morgan fingerprint density at radius 2 is 2.19 bits per heavy atom. The molecule has 0 aromatic rings. The van der Waals surface area contributed by atoms with E-state index < -0.39 is 5.97 Å². The van der Waals surface area contributed by atoms with E-state index in [0.717, 1.165) is 5.57 Å². The third-order valence-electron chi connectivity index (χ3n) is 2.93. The first-order valence-electron chi connectivity index (χ1n) is 5.57. The van der Waals surface area contributed by atoms with Gasteiger partial charge in [-0.05, 0) is 19.8 Å². The number of likely N-dealkylation sites (tertiary alicyclic amines) is 1. The zero-order chi connectivity index (χ0) is 12.3. The second kappa shape index (κ2) is 5.14. The van der Waals surface area contributed by atoms with Gasteiger partial charge in [-0.2, -0.15) is 0 Å². The van der Waals surface area contributed by atoms with Crippen LogP contribution in [0.4, 0.5) is 0 Å². The highest BCUT2D eigenvalue weighted by Gasteiger charge is 2.32. The summed E-state index contributed by atoms with van der Waals surface area (Å²) < 4.78 is 0. The molecule has 0 radical (unpaired) electrons. The molecule has 1 saturated heterocycles. The van der Waals surface area contributed by atoms with Crippen molar-refractivity contribution in [3.05, 3.63) is 12.2 Å². The quantitative estimate of drug-likeness (QED) is 0.738. The van der Waals surface area contributed by atoms with E-state index in [-0.39, 0.29) is 17.7 Å². The SMILES string of the molecule is C=C(C)CC(C)C(=O)N1CCC(C(=O)O)C1. The van der Waals surface area contributed by atoms with Gasteiger partial charge in [0.1, 0.15) is 0 Å². The molecular formula is C12H19NO3. The molecule has 2 unspecified atom stereocenters. The van der Waals surface area contributed by atoms with Crippen LogP contribution in [0.25, 0.3) is 0 Å². The topological polar surface area (TPSA) is 57.6 Å². The number of hydrogen-bond donors (Lipinski definition) is 1. The van der Waals surface area contributed by atoms with E-state index in [1.807, 2.05) is 13.8 Å². The molecule has 1 amide bonds. The Morgan fingerprint density at radius 3 is 2.62 bits per heavy atom. The Balaban J connectivity index is 2.50. The van der Waals surface area contributed by atoms with Gasteiger partial charge in [-0.3, -0.25) is 9.59 Å². The number of allylic oxidation sites excluding steroid dienone is 1. The summed E-state index contributed by atoms with van der Waals surface area (Å²) in [7, 11) is 0. The van der Waals surface area contributed by atoms with Gasteiger partial charge in [0.25, 0.3) is 0 Å². The van der Waals surface area contributed by atoms with Gasteiger partial charge in [0.15, 0.2) is 0 Å². The van der Waals surface area contributed by atoms with Gasteiger partial charge in [-0.1, -0.05) is 12.5 Å². The van der Waals surface area contributed by atoms with E-state index in [0.29, 0.717) is 25.9 Å². The molecule has 1 rings (SSSR count). The number of carbonyl (C=O) groups is 2. The van der Waals surface area contributed by atoms with Gasteiger partial charge >= 0.3 is 5.97 Å². The molecule has 90 valence electrons. The van der Waals surface area contributed by atoms with Gasteiger partial charge in [0.2, 0.25) is 5.91 Å². The van der Waals surface area contributed by atoms with Crippen LogP contribution in [-0.2, 0) is 9.59 Å². The monoisotopic (exact) mass is 225 g/mol. The lowest BCUT2D eigenvalue weighted by molar-refractivity contribution is -0.141. The van der Waals surface area contributed by atoms with Crippen LogP contribution in [0.15, 0.2) is 12.2 Å². The lowest BCUT2D eigenvalue weighted by atomic mass is 10.0. The van der Waals surface area contributed by atoms with Crippen molar-refractivity contribution in [2.75, 3.05) is 13.1 Å². The van der Waals surface area contributed by atoms with E-state index in [1.54, 1.807) is 4.90 Å². The molecule has 1 aliphatic rings. The summed E-state index contributed by atoms with van der Waals surface area (Å²) in [5.41, 5.74) is 0.981. The summed E-state index contributed by atoms with van der Waals surface area (Å²) in [6.07, 6.45) is 1.24. The van der Waals surface area contributed by atoms with Crippen LogP contribution < -0.4 is 0 Å². The number of nitrogens with zero attached hydrogens (tertiary/aromatic N) is 1. The average Bonchev–Trinajstić information content (AvgIpc) is 2.64.